The highest BCUT2D eigenvalue weighted by Gasteiger charge is 2.27. The molecule has 0 saturated carbocycles. The number of furan rings is 1. The van der Waals surface area contributed by atoms with Crippen LogP contribution < -0.4 is 5.32 Å². The second-order valence-electron chi connectivity index (χ2n) is 6.11. The fraction of sp³-hybridized carbons (Fsp3) is 0.316. The van der Waals surface area contributed by atoms with E-state index in [1.807, 2.05) is 24.3 Å². The van der Waals surface area contributed by atoms with Gasteiger partial charge in [0.25, 0.3) is 5.91 Å². The lowest BCUT2D eigenvalue weighted by Crippen LogP contribution is -2.03. The summed E-state index contributed by atoms with van der Waals surface area (Å²) in [5, 5.41) is 2.94. The summed E-state index contributed by atoms with van der Waals surface area (Å²) in [7, 11) is 0. The van der Waals surface area contributed by atoms with Gasteiger partial charge in [-0.2, -0.15) is 0 Å². The van der Waals surface area contributed by atoms with E-state index in [-0.39, 0.29) is 5.91 Å². The first-order chi connectivity index (χ1) is 11.2. The van der Waals surface area contributed by atoms with Gasteiger partial charge in [-0.3, -0.25) is 4.79 Å². The maximum atomic E-state index is 12.4. The molecule has 23 heavy (non-hydrogen) atoms. The van der Waals surface area contributed by atoms with E-state index in [4.69, 9.17) is 4.42 Å². The molecule has 0 atom stereocenters. The molecule has 0 unspecified atom stereocenters. The van der Waals surface area contributed by atoms with Crippen LogP contribution >= 0.6 is 22.6 Å². The van der Waals surface area contributed by atoms with Crippen molar-refractivity contribution in [3.05, 3.63) is 50.0 Å². The number of fused-ring (bicyclic) bond motifs is 2. The van der Waals surface area contributed by atoms with E-state index in [2.05, 4.69) is 34.8 Å². The molecule has 1 aliphatic heterocycles. The van der Waals surface area contributed by atoms with Gasteiger partial charge < -0.3 is 9.73 Å². The van der Waals surface area contributed by atoms with Crippen LogP contribution in [0, 0.1) is 3.57 Å². The molecule has 3 nitrogen and oxygen atoms in total. The maximum Gasteiger partial charge on any atom is 0.256 e. The van der Waals surface area contributed by atoms with Gasteiger partial charge in [-0.05, 0) is 78.1 Å². The Balaban J connectivity index is 1.84. The smallest absolute Gasteiger partial charge is 0.256 e. The van der Waals surface area contributed by atoms with Gasteiger partial charge >= 0.3 is 0 Å². The summed E-state index contributed by atoms with van der Waals surface area (Å²) in [4.78, 5) is 12.4. The van der Waals surface area contributed by atoms with E-state index in [1.165, 1.54) is 24.0 Å². The zero-order valence-electron chi connectivity index (χ0n) is 13.0. The van der Waals surface area contributed by atoms with E-state index < -0.39 is 0 Å². The topological polar surface area (TPSA) is 42.2 Å². The Bertz CT molecular complexity index is 832. The summed E-state index contributed by atoms with van der Waals surface area (Å²) in [6.07, 6.45) is 7.43. The number of aryl methyl sites for hydroxylation is 1. The molecule has 2 heterocycles. The number of amides is 1. The number of halogens is 1. The molecule has 0 radical (unpaired) electrons. The molecule has 1 aromatic carbocycles. The van der Waals surface area contributed by atoms with Crippen molar-refractivity contribution in [2.45, 2.75) is 39.0 Å². The van der Waals surface area contributed by atoms with Crippen LogP contribution in [0.1, 0.15) is 48.0 Å². The molecule has 2 aromatic rings. The second-order valence-corrected chi connectivity index (χ2v) is 7.35. The zero-order chi connectivity index (χ0) is 16.0. The summed E-state index contributed by atoms with van der Waals surface area (Å²) < 4.78 is 7.25. The number of nitrogens with one attached hydrogen (secondary N) is 1. The third-order valence-corrected chi connectivity index (χ3v) is 5.38. The van der Waals surface area contributed by atoms with E-state index in [1.54, 1.807) is 0 Å². The lowest BCUT2D eigenvalue weighted by atomic mass is 9.93. The van der Waals surface area contributed by atoms with Gasteiger partial charge in [0.15, 0.2) is 0 Å². The minimum atomic E-state index is -0.0431. The van der Waals surface area contributed by atoms with Crippen LogP contribution in [0.15, 0.2) is 22.6 Å². The van der Waals surface area contributed by atoms with E-state index >= 15 is 0 Å². The van der Waals surface area contributed by atoms with Crippen molar-refractivity contribution in [3.8, 4) is 0 Å². The molecule has 1 N–H and O–H groups in total. The molecule has 1 aromatic heterocycles. The van der Waals surface area contributed by atoms with Crippen LogP contribution in [-0.2, 0) is 24.1 Å². The molecular formula is C19H18INO2. The highest BCUT2D eigenvalue weighted by Crippen LogP contribution is 2.37. The molecule has 1 aliphatic carbocycles. The molecule has 118 valence electrons. The second kappa shape index (κ2) is 5.82. The summed E-state index contributed by atoms with van der Waals surface area (Å²) in [6, 6.07) is 6.02. The van der Waals surface area contributed by atoms with Crippen molar-refractivity contribution in [1.29, 1.82) is 0 Å². The van der Waals surface area contributed by atoms with Gasteiger partial charge in [0, 0.05) is 26.8 Å². The number of rotatable bonds is 2. The summed E-state index contributed by atoms with van der Waals surface area (Å²) in [5.41, 5.74) is 5.22. The van der Waals surface area contributed by atoms with Crippen LogP contribution in [0.25, 0.3) is 11.6 Å². The minimum absolute atomic E-state index is 0.0431. The van der Waals surface area contributed by atoms with Gasteiger partial charge in [-0.1, -0.05) is 6.92 Å². The molecule has 0 bridgehead atoms. The maximum absolute atomic E-state index is 12.4. The fourth-order valence-corrected chi connectivity index (χ4v) is 4.08. The predicted octanol–water partition coefficient (Wildman–Crippen LogP) is 4.82. The SMILES string of the molecule is CCc1c(C=C2C(=O)Nc3ccc(I)cc32)oc2c1CCCC2. The molecule has 0 spiro atoms. The van der Waals surface area contributed by atoms with Crippen molar-refractivity contribution in [1.82, 2.24) is 0 Å². The number of benzene rings is 1. The van der Waals surface area contributed by atoms with E-state index in [0.29, 0.717) is 5.57 Å². The van der Waals surface area contributed by atoms with Crippen LogP contribution in [0.4, 0.5) is 5.69 Å². The van der Waals surface area contributed by atoms with Crippen molar-refractivity contribution in [3.63, 3.8) is 0 Å². The standard InChI is InChI=1S/C19H18INO2/c1-2-12-13-5-3-4-6-17(13)23-18(12)10-15-14-9-11(20)7-8-16(14)21-19(15)22/h7-10H,2-6H2,1H3,(H,21,22). The molecule has 0 saturated heterocycles. The van der Waals surface area contributed by atoms with E-state index in [9.17, 15) is 4.79 Å². The lowest BCUT2D eigenvalue weighted by Gasteiger charge is -2.09. The minimum Gasteiger partial charge on any atom is -0.461 e. The molecule has 2 aliphatic rings. The Kier molecular flexibility index (Phi) is 3.79. The van der Waals surface area contributed by atoms with Crippen molar-refractivity contribution in [2.24, 2.45) is 0 Å². The molecular weight excluding hydrogens is 401 g/mol. The number of hydrogen-bond donors (Lipinski definition) is 1. The van der Waals surface area contributed by atoms with Crippen LogP contribution in [-0.4, -0.2) is 5.91 Å². The summed E-state index contributed by atoms with van der Waals surface area (Å²) in [5.74, 6) is 1.95. The molecule has 4 heteroatoms. The Morgan fingerprint density at radius 2 is 2.13 bits per heavy atom. The molecule has 4 rings (SSSR count). The van der Waals surface area contributed by atoms with Crippen molar-refractivity contribution in [2.75, 3.05) is 5.32 Å². The molecule has 1 amide bonds. The normalized spacial score (nSPS) is 18.0. The Hall–Kier alpha value is -1.56. The van der Waals surface area contributed by atoms with Gasteiger partial charge in [-0.15, -0.1) is 0 Å². The Morgan fingerprint density at radius 3 is 2.96 bits per heavy atom. The third-order valence-electron chi connectivity index (χ3n) is 4.71. The average Bonchev–Trinajstić information content (AvgIpc) is 3.05. The average molecular weight is 419 g/mol. The lowest BCUT2D eigenvalue weighted by molar-refractivity contribution is -0.110. The Morgan fingerprint density at radius 1 is 1.30 bits per heavy atom. The summed E-state index contributed by atoms with van der Waals surface area (Å²) >= 11 is 2.28. The van der Waals surface area contributed by atoms with Crippen LogP contribution in [0.3, 0.4) is 0 Å². The third kappa shape index (κ3) is 2.53. The van der Waals surface area contributed by atoms with Gasteiger partial charge in [0.2, 0.25) is 0 Å². The number of carbonyl (C=O) groups excluding carboxylic acids is 1. The number of carbonyl (C=O) groups is 1. The predicted molar refractivity (Wildman–Crippen MR) is 100 cm³/mol. The zero-order valence-corrected chi connectivity index (χ0v) is 15.2. The largest absolute Gasteiger partial charge is 0.461 e. The highest BCUT2D eigenvalue weighted by atomic mass is 127. The van der Waals surface area contributed by atoms with Crippen molar-refractivity contribution >= 4 is 45.8 Å². The quantitative estimate of drug-likeness (QED) is 0.561. The van der Waals surface area contributed by atoms with Gasteiger partial charge in [0.1, 0.15) is 11.5 Å². The number of hydrogen-bond acceptors (Lipinski definition) is 2. The summed E-state index contributed by atoms with van der Waals surface area (Å²) in [6.45, 7) is 2.16. The van der Waals surface area contributed by atoms with Gasteiger partial charge in [-0.25, -0.2) is 0 Å². The number of anilines is 1. The monoisotopic (exact) mass is 419 g/mol. The first kappa shape index (κ1) is 15.0. The van der Waals surface area contributed by atoms with Crippen LogP contribution in [0.2, 0.25) is 0 Å². The fourth-order valence-electron chi connectivity index (χ4n) is 3.59. The van der Waals surface area contributed by atoms with Crippen molar-refractivity contribution < 1.29 is 9.21 Å². The molecule has 0 fully saturated rings. The van der Waals surface area contributed by atoms with Gasteiger partial charge in [0.05, 0.1) is 5.57 Å². The first-order valence-corrected chi connectivity index (χ1v) is 9.21. The highest BCUT2D eigenvalue weighted by molar-refractivity contribution is 14.1. The van der Waals surface area contributed by atoms with E-state index in [0.717, 1.165) is 45.6 Å². The Labute approximate surface area is 149 Å². The van der Waals surface area contributed by atoms with Crippen LogP contribution in [0.5, 0.6) is 0 Å². The first-order valence-electron chi connectivity index (χ1n) is 8.13.